The van der Waals surface area contributed by atoms with Gasteiger partial charge in [-0.1, -0.05) is 0 Å². The third-order valence-electron chi connectivity index (χ3n) is 4.07. The molecule has 1 aromatic rings. The molecule has 2 aliphatic rings. The average molecular weight is 250 g/mol. The van der Waals surface area contributed by atoms with Crippen molar-refractivity contribution in [1.82, 2.24) is 10.3 Å². The minimum Gasteiger partial charge on any atom is -0.316 e. The van der Waals surface area contributed by atoms with E-state index in [1.807, 2.05) is 12.1 Å². The maximum Gasteiger partial charge on any atom is 0.0568 e. The molecule has 17 heavy (non-hydrogen) atoms. The summed E-state index contributed by atoms with van der Waals surface area (Å²) in [5.74, 6) is 0.808. The Morgan fingerprint density at radius 1 is 1.47 bits per heavy atom. The van der Waals surface area contributed by atoms with E-state index in [1.54, 1.807) is 12.5 Å². The molecule has 2 heterocycles. The standard InChI is InChI=1S/C13H18N2OS/c1-17(16)12-3-2-11(15-7-12)4-10-5-13(6-10)8-14-9-13/h2-3,7,10,14H,4-6,8-9H2,1H3. The highest BCUT2D eigenvalue weighted by atomic mass is 32.2. The first-order valence-electron chi connectivity index (χ1n) is 6.16. The highest BCUT2D eigenvalue weighted by Gasteiger charge is 2.47. The third kappa shape index (κ3) is 2.16. The van der Waals surface area contributed by atoms with Crippen molar-refractivity contribution in [2.45, 2.75) is 24.2 Å². The second kappa shape index (κ2) is 4.18. The van der Waals surface area contributed by atoms with Crippen LogP contribution in [0.25, 0.3) is 0 Å². The molecule has 1 unspecified atom stereocenters. The van der Waals surface area contributed by atoms with Crippen LogP contribution in [-0.4, -0.2) is 28.5 Å². The molecule has 0 amide bonds. The van der Waals surface area contributed by atoms with Crippen LogP contribution in [0.5, 0.6) is 0 Å². The lowest BCUT2D eigenvalue weighted by atomic mass is 9.57. The van der Waals surface area contributed by atoms with Crippen LogP contribution in [0.1, 0.15) is 18.5 Å². The van der Waals surface area contributed by atoms with E-state index in [0.29, 0.717) is 5.41 Å². The van der Waals surface area contributed by atoms with Crippen LogP contribution in [0.3, 0.4) is 0 Å². The number of nitrogens with zero attached hydrogens (tertiary/aromatic N) is 1. The molecule has 1 aromatic heterocycles. The first kappa shape index (κ1) is 11.4. The Kier molecular flexibility index (Phi) is 2.79. The van der Waals surface area contributed by atoms with Gasteiger partial charge < -0.3 is 5.32 Å². The Morgan fingerprint density at radius 2 is 2.24 bits per heavy atom. The van der Waals surface area contributed by atoms with Gasteiger partial charge in [0.25, 0.3) is 0 Å². The smallest absolute Gasteiger partial charge is 0.0568 e. The molecule has 1 saturated carbocycles. The fraction of sp³-hybridized carbons (Fsp3) is 0.615. The largest absolute Gasteiger partial charge is 0.316 e. The Morgan fingerprint density at radius 3 is 2.71 bits per heavy atom. The normalized spacial score (nSPS) is 24.1. The molecule has 0 aromatic carbocycles. The van der Waals surface area contributed by atoms with Crippen LogP contribution in [-0.2, 0) is 17.2 Å². The summed E-state index contributed by atoms with van der Waals surface area (Å²) in [6, 6.07) is 3.97. The van der Waals surface area contributed by atoms with Gasteiger partial charge >= 0.3 is 0 Å². The summed E-state index contributed by atoms with van der Waals surface area (Å²) in [5.41, 5.74) is 1.79. The van der Waals surface area contributed by atoms with E-state index in [4.69, 9.17) is 0 Å². The fourth-order valence-electron chi connectivity index (χ4n) is 3.07. The molecule has 1 atom stereocenters. The molecular formula is C13H18N2OS. The summed E-state index contributed by atoms with van der Waals surface area (Å²) in [6.45, 7) is 2.43. The monoisotopic (exact) mass is 250 g/mol. The predicted octanol–water partition coefficient (Wildman–Crippen LogP) is 1.36. The minimum atomic E-state index is -0.913. The summed E-state index contributed by atoms with van der Waals surface area (Å²) in [5, 5.41) is 3.36. The van der Waals surface area contributed by atoms with E-state index in [-0.39, 0.29) is 0 Å². The molecule has 1 saturated heterocycles. The zero-order chi connectivity index (χ0) is 11.9. The van der Waals surface area contributed by atoms with Gasteiger partial charge in [0.05, 0.1) is 15.7 Å². The number of aromatic nitrogens is 1. The van der Waals surface area contributed by atoms with Crippen LogP contribution in [0.2, 0.25) is 0 Å². The number of rotatable bonds is 3. The number of nitrogens with one attached hydrogen (secondary N) is 1. The van der Waals surface area contributed by atoms with Crippen LogP contribution in [0.4, 0.5) is 0 Å². The summed E-state index contributed by atoms with van der Waals surface area (Å²) in [6.07, 6.45) is 7.23. The lowest BCUT2D eigenvalue weighted by Gasteiger charge is -2.54. The van der Waals surface area contributed by atoms with Gasteiger partial charge in [0.15, 0.2) is 0 Å². The van der Waals surface area contributed by atoms with Crippen molar-refractivity contribution in [3.05, 3.63) is 24.0 Å². The van der Waals surface area contributed by atoms with Gasteiger partial charge in [0.2, 0.25) is 0 Å². The van der Waals surface area contributed by atoms with Gasteiger partial charge in [-0.25, -0.2) is 0 Å². The molecule has 1 N–H and O–H groups in total. The first-order chi connectivity index (χ1) is 8.17. The van der Waals surface area contributed by atoms with Crippen molar-refractivity contribution in [2.75, 3.05) is 19.3 Å². The summed E-state index contributed by atoms with van der Waals surface area (Å²) in [7, 11) is -0.913. The van der Waals surface area contributed by atoms with Crippen molar-refractivity contribution < 1.29 is 4.21 Å². The lowest BCUT2D eigenvalue weighted by Crippen LogP contribution is -2.60. The number of pyridine rings is 1. The van der Waals surface area contributed by atoms with Crippen molar-refractivity contribution in [3.8, 4) is 0 Å². The van der Waals surface area contributed by atoms with Gasteiger partial charge in [-0.3, -0.25) is 9.19 Å². The maximum atomic E-state index is 11.2. The Bertz CT molecular complexity index is 431. The van der Waals surface area contributed by atoms with E-state index in [9.17, 15) is 4.21 Å². The summed E-state index contributed by atoms with van der Waals surface area (Å²) < 4.78 is 11.2. The molecule has 0 radical (unpaired) electrons. The van der Waals surface area contributed by atoms with Crippen LogP contribution >= 0.6 is 0 Å². The first-order valence-corrected chi connectivity index (χ1v) is 7.72. The molecule has 1 aliphatic heterocycles. The SMILES string of the molecule is CS(=O)c1ccc(CC2CC3(CNC3)C2)nc1. The van der Waals surface area contributed by atoms with Gasteiger partial charge in [-0.15, -0.1) is 0 Å². The minimum absolute atomic E-state index is 0.648. The summed E-state index contributed by atoms with van der Waals surface area (Å²) >= 11 is 0. The van der Waals surface area contributed by atoms with E-state index in [2.05, 4.69) is 10.3 Å². The second-order valence-corrected chi connectivity index (χ2v) is 6.90. The van der Waals surface area contributed by atoms with E-state index in [1.165, 1.54) is 25.9 Å². The zero-order valence-corrected chi connectivity index (χ0v) is 10.9. The molecule has 3 rings (SSSR count). The van der Waals surface area contributed by atoms with Crippen molar-refractivity contribution in [2.24, 2.45) is 11.3 Å². The Balaban J connectivity index is 1.57. The van der Waals surface area contributed by atoms with Crippen LogP contribution in [0, 0.1) is 11.3 Å². The molecule has 1 aliphatic carbocycles. The quantitative estimate of drug-likeness (QED) is 0.881. The fourth-order valence-corrected chi connectivity index (χ4v) is 3.53. The van der Waals surface area contributed by atoms with Gasteiger partial charge in [0.1, 0.15) is 0 Å². The van der Waals surface area contributed by atoms with E-state index in [0.717, 1.165) is 22.9 Å². The molecule has 4 heteroatoms. The van der Waals surface area contributed by atoms with Crippen molar-refractivity contribution >= 4 is 10.8 Å². The van der Waals surface area contributed by atoms with Crippen LogP contribution < -0.4 is 5.32 Å². The topological polar surface area (TPSA) is 42.0 Å². The van der Waals surface area contributed by atoms with Gasteiger partial charge in [0, 0.05) is 31.2 Å². The molecular weight excluding hydrogens is 232 g/mol. The highest BCUT2D eigenvalue weighted by molar-refractivity contribution is 7.84. The van der Waals surface area contributed by atoms with Crippen LogP contribution in [0.15, 0.2) is 23.2 Å². The third-order valence-corrected chi connectivity index (χ3v) is 4.98. The highest BCUT2D eigenvalue weighted by Crippen LogP contribution is 2.49. The average Bonchev–Trinajstić information content (AvgIpc) is 2.20. The number of hydrogen-bond donors (Lipinski definition) is 1. The zero-order valence-electron chi connectivity index (χ0n) is 10.1. The summed E-state index contributed by atoms with van der Waals surface area (Å²) in [4.78, 5) is 5.23. The lowest BCUT2D eigenvalue weighted by molar-refractivity contribution is 0.000484. The molecule has 3 nitrogen and oxygen atoms in total. The Hall–Kier alpha value is -0.740. The van der Waals surface area contributed by atoms with Gasteiger partial charge in [-0.05, 0) is 42.7 Å². The van der Waals surface area contributed by atoms with Crippen molar-refractivity contribution in [1.29, 1.82) is 0 Å². The molecule has 1 spiro atoms. The maximum absolute atomic E-state index is 11.2. The van der Waals surface area contributed by atoms with E-state index >= 15 is 0 Å². The van der Waals surface area contributed by atoms with Gasteiger partial charge in [-0.2, -0.15) is 0 Å². The number of hydrogen-bond acceptors (Lipinski definition) is 3. The Labute approximate surface area is 104 Å². The molecule has 2 fully saturated rings. The predicted molar refractivity (Wildman–Crippen MR) is 68.3 cm³/mol. The molecule has 0 bridgehead atoms. The van der Waals surface area contributed by atoms with E-state index < -0.39 is 10.8 Å². The molecule has 92 valence electrons. The van der Waals surface area contributed by atoms with Crippen molar-refractivity contribution in [3.63, 3.8) is 0 Å². The second-order valence-electron chi connectivity index (χ2n) is 5.52.